The Balaban J connectivity index is 1.65. The first-order chi connectivity index (χ1) is 13.9. The number of rotatable bonds is 3. The highest BCUT2D eigenvalue weighted by atomic mass is 19.1. The molecule has 0 unspecified atom stereocenters. The molecule has 2 aromatic rings. The van der Waals surface area contributed by atoms with Gasteiger partial charge in [-0.25, -0.2) is 4.39 Å². The highest BCUT2D eigenvalue weighted by molar-refractivity contribution is 6.04. The van der Waals surface area contributed by atoms with Crippen molar-refractivity contribution in [3.05, 3.63) is 45.5 Å². The Bertz CT molecular complexity index is 1030. The molecule has 2 aliphatic heterocycles. The topological polar surface area (TPSA) is 107 Å². The van der Waals surface area contributed by atoms with Gasteiger partial charge in [-0.1, -0.05) is 6.07 Å². The first-order valence-electron chi connectivity index (χ1n) is 9.68. The van der Waals surface area contributed by atoms with Gasteiger partial charge in [0.1, 0.15) is 11.6 Å². The van der Waals surface area contributed by atoms with Crippen LogP contribution in [-0.4, -0.2) is 34.9 Å². The summed E-state index contributed by atoms with van der Waals surface area (Å²) in [6, 6.07) is 4.42. The summed E-state index contributed by atoms with van der Waals surface area (Å²) >= 11 is 0. The normalized spacial score (nSPS) is 18.8. The number of nitrogens with one attached hydrogen (secondary N) is 3. The number of aromatic nitrogens is 2. The second-order valence-electron chi connectivity index (χ2n) is 7.48. The molecular formula is C20H22FN5O3. The number of amides is 2. The number of aromatic amines is 1. The van der Waals surface area contributed by atoms with Gasteiger partial charge in [-0.2, -0.15) is 4.98 Å². The summed E-state index contributed by atoms with van der Waals surface area (Å²) in [4.78, 5) is 46.9. The number of carbonyl (C=O) groups is 2. The van der Waals surface area contributed by atoms with Gasteiger partial charge in [-0.3, -0.25) is 19.4 Å². The van der Waals surface area contributed by atoms with E-state index in [2.05, 4.69) is 20.6 Å². The van der Waals surface area contributed by atoms with Gasteiger partial charge in [0.2, 0.25) is 17.8 Å². The van der Waals surface area contributed by atoms with Crippen LogP contribution in [0.3, 0.4) is 0 Å². The van der Waals surface area contributed by atoms with E-state index in [4.69, 9.17) is 0 Å². The lowest BCUT2D eigenvalue weighted by molar-refractivity contribution is -0.123. The van der Waals surface area contributed by atoms with Crippen LogP contribution >= 0.6 is 0 Å². The lowest BCUT2D eigenvalue weighted by atomic mass is 9.92. The predicted octanol–water partition coefficient (Wildman–Crippen LogP) is 2.27. The number of benzene rings is 1. The van der Waals surface area contributed by atoms with E-state index < -0.39 is 29.1 Å². The lowest BCUT2D eigenvalue weighted by Gasteiger charge is -2.29. The van der Waals surface area contributed by atoms with Crippen LogP contribution in [0.15, 0.2) is 23.0 Å². The molecule has 29 heavy (non-hydrogen) atoms. The van der Waals surface area contributed by atoms with Crippen molar-refractivity contribution >= 4 is 29.3 Å². The Morgan fingerprint density at radius 2 is 2.00 bits per heavy atom. The molecule has 0 saturated carbocycles. The zero-order chi connectivity index (χ0) is 20.5. The van der Waals surface area contributed by atoms with Gasteiger partial charge in [0.05, 0.1) is 17.2 Å². The fraction of sp³-hybridized carbons (Fsp3) is 0.400. The van der Waals surface area contributed by atoms with Gasteiger partial charge in [-0.15, -0.1) is 0 Å². The van der Waals surface area contributed by atoms with Gasteiger partial charge >= 0.3 is 0 Å². The fourth-order valence-corrected chi connectivity index (χ4v) is 3.78. The van der Waals surface area contributed by atoms with E-state index in [1.165, 1.54) is 12.1 Å². The lowest BCUT2D eigenvalue weighted by Crippen LogP contribution is -2.38. The van der Waals surface area contributed by atoms with Crippen LogP contribution in [0, 0.1) is 12.7 Å². The SMILES string of the molecule is Cc1ccc(NC(=O)[C@@H]2CC(=O)Nc3nc(N4CCCCC4)[nH]c(=O)c32)c(F)c1. The van der Waals surface area contributed by atoms with Crippen molar-refractivity contribution in [2.45, 2.75) is 38.5 Å². The minimum absolute atomic E-state index is 0.00227. The third-order valence-corrected chi connectivity index (χ3v) is 5.29. The molecule has 1 saturated heterocycles. The molecule has 152 valence electrons. The van der Waals surface area contributed by atoms with E-state index in [1.807, 2.05) is 4.90 Å². The van der Waals surface area contributed by atoms with Crippen LogP contribution in [0.1, 0.15) is 42.7 Å². The van der Waals surface area contributed by atoms with Crippen molar-refractivity contribution < 1.29 is 14.0 Å². The van der Waals surface area contributed by atoms with Gasteiger partial charge in [0, 0.05) is 19.5 Å². The first-order valence-corrected chi connectivity index (χ1v) is 9.68. The Morgan fingerprint density at radius 1 is 1.24 bits per heavy atom. The zero-order valence-corrected chi connectivity index (χ0v) is 16.0. The highest BCUT2D eigenvalue weighted by Gasteiger charge is 2.35. The van der Waals surface area contributed by atoms with Crippen molar-refractivity contribution in [1.29, 1.82) is 0 Å². The summed E-state index contributed by atoms with van der Waals surface area (Å²) in [5.74, 6) is -2.18. The molecular weight excluding hydrogens is 377 g/mol. The maximum Gasteiger partial charge on any atom is 0.258 e. The number of hydrogen-bond acceptors (Lipinski definition) is 5. The van der Waals surface area contributed by atoms with Gasteiger partial charge in [-0.05, 0) is 43.9 Å². The monoisotopic (exact) mass is 399 g/mol. The molecule has 2 amide bonds. The maximum atomic E-state index is 14.1. The molecule has 1 aromatic heterocycles. The summed E-state index contributed by atoms with van der Waals surface area (Å²) in [6.45, 7) is 3.28. The molecule has 9 heteroatoms. The number of piperidine rings is 1. The number of H-pyrrole nitrogens is 1. The van der Waals surface area contributed by atoms with E-state index >= 15 is 0 Å². The molecule has 0 radical (unpaired) electrons. The number of anilines is 3. The third-order valence-electron chi connectivity index (χ3n) is 5.29. The second kappa shape index (κ2) is 7.65. The molecule has 0 spiro atoms. The Kier molecular flexibility index (Phi) is 5.04. The number of fused-ring (bicyclic) bond motifs is 1. The van der Waals surface area contributed by atoms with Crippen LogP contribution in [0.5, 0.6) is 0 Å². The predicted molar refractivity (Wildman–Crippen MR) is 107 cm³/mol. The van der Waals surface area contributed by atoms with Crippen LogP contribution in [0.2, 0.25) is 0 Å². The molecule has 1 fully saturated rings. The average Bonchev–Trinajstić information content (AvgIpc) is 2.69. The molecule has 1 aromatic carbocycles. The van der Waals surface area contributed by atoms with E-state index in [0.717, 1.165) is 32.4 Å². The highest BCUT2D eigenvalue weighted by Crippen LogP contribution is 2.31. The Hall–Kier alpha value is -3.23. The smallest absolute Gasteiger partial charge is 0.258 e. The molecule has 0 bridgehead atoms. The van der Waals surface area contributed by atoms with Crippen molar-refractivity contribution in [1.82, 2.24) is 9.97 Å². The van der Waals surface area contributed by atoms with Crippen molar-refractivity contribution in [3.8, 4) is 0 Å². The molecule has 8 nitrogen and oxygen atoms in total. The van der Waals surface area contributed by atoms with Crippen molar-refractivity contribution in [3.63, 3.8) is 0 Å². The summed E-state index contributed by atoms with van der Waals surface area (Å²) in [5.41, 5.74) is 0.340. The van der Waals surface area contributed by atoms with Gasteiger partial charge in [0.15, 0.2) is 0 Å². The zero-order valence-electron chi connectivity index (χ0n) is 16.0. The van der Waals surface area contributed by atoms with Crippen LogP contribution in [0.25, 0.3) is 0 Å². The summed E-state index contributed by atoms with van der Waals surface area (Å²) in [5, 5.41) is 5.09. The van der Waals surface area contributed by atoms with Gasteiger partial charge < -0.3 is 15.5 Å². The van der Waals surface area contributed by atoms with Crippen molar-refractivity contribution in [2.24, 2.45) is 0 Å². The summed E-state index contributed by atoms with van der Waals surface area (Å²) < 4.78 is 14.1. The largest absolute Gasteiger partial charge is 0.342 e. The Labute approximate surface area is 166 Å². The van der Waals surface area contributed by atoms with E-state index in [9.17, 15) is 18.8 Å². The molecule has 2 aliphatic rings. The minimum Gasteiger partial charge on any atom is -0.342 e. The number of carbonyl (C=O) groups excluding carboxylic acids is 2. The van der Waals surface area contributed by atoms with E-state index in [-0.39, 0.29) is 23.5 Å². The third kappa shape index (κ3) is 3.85. The summed E-state index contributed by atoms with van der Waals surface area (Å²) in [6.07, 6.45) is 2.92. The molecule has 1 atom stereocenters. The number of nitrogens with zero attached hydrogens (tertiary/aromatic N) is 2. The van der Waals surface area contributed by atoms with E-state index in [0.29, 0.717) is 11.5 Å². The second-order valence-corrected chi connectivity index (χ2v) is 7.48. The fourth-order valence-electron chi connectivity index (χ4n) is 3.78. The van der Waals surface area contributed by atoms with E-state index in [1.54, 1.807) is 13.0 Å². The number of halogens is 1. The molecule has 3 N–H and O–H groups in total. The van der Waals surface area contributed by atoms with Gasteiger partial charge in [0.25, 0.3) is 5.56 Å². The number of aryl methyl sites for hydroxylation is 1. The number of hydrogen-bond donors (Lipinski definition) is 3. The quantitative estimate of drug-likeness (QED) is 0.734. The molecule has 0 aliphatic carbocycles. The molecule has 4 rings (SSSR count). The minimum atomic E-state index is -1.05. The standard InChI is InChI=1S/C20H22FN5O3/c1-11-5-6-14(13(21)9-11)22-18(28)12-10-15(27)23-17-16(12)19(29)25-20(24-17)26-7-3-2-4-8-26/h5-6,9,12H,2-4,7-8,10H2,1H3,(H,22,28)(H2,23,24,25,27,29)/t12-/m1/s1. The average molecular weight is 399 g/mol. The summed E-state index contributed by atoms with van der Waals surface area (Å²) in [7, 11) is 0. The first kappa shape index (κ1) is 19.1. The van der Waals surface area contributed by atoms with Crippen LogP contribution in [-0.2, 0) is 9.59 Å². The van der Waals surface area contributed by atoms with Crippen LogP contribution < -0.4 is 21.1 Å². The maximum absolute atomic E-state index is 14.1. The van der Waals surface area contributed by atoms with Crippen LogP contribution in [0.4, 0.5) is 21.8 Å². The van der Waals surface area contributed by atoms with Crippen molar-refractivity contribution in [2.75, 3.05) is 28.6 Å². The molecule has 3 heterocycles. The Morgan fingerprint density at radius 3 is 2.72 bits per heavy atom.